The number of carbonyl (C=O) groups is 1. The number of amides is 1. The number of para-hydroxylation sites is 1. The number of rotatable bonds is 4. The summed E-state index contributed by atoms with van der Waals surface area (Å²) >= 11 is 3.89. The molecule has 0 aliphatic carbocycles. The van der Waals surface area contributed by atoms with E-state index in [1.807, 2.05) is 35.2 Å². The predicted octanol–water partition coefficient (Wildman–Crippen LogP) is 6.32. The van der Waals surface area contributed by atoms with E-state index < -0.39 is 8.32 Å². The number of hydrogen-bond acceptors (Lipinski definition) is 4. The van der Waals surface area contributed by atoms with E-state index in [-0.39, 0.29) is 29.0 Å². The lowest BCUT2D eigenvalue weighted by atomic mass is 9.81. The molecular formula is C21H29IN2O2SSi. The molecular weight excluding hydrogens is 499 g/mol. The van der Waals surface area contributed by atoms with Crippen molar-refractivity contribution in [1.29, 1.82) is 0 Å². The Morgan fingerprint density at radius 1 is 1.32 bits per heavy atom. The second kappa shape index (κ2) is 8.24. The van der Waals surface area contributed by atoms with Gasteiger partial charge in [0.2, 0.25) is 5.91 Å². The smallest absolute Gasteiger partial charge is 0.236 e. The van der Waals surface area contributed by atoms with Crippen LogP contribution in [0, 0.1) is 5.92 Å². The first kappa shape index (κ1) is 22.1. The molecule has 2 fully saturated rings. The molecule has 3 rings (SSSR count). The number of amidine groups is 1. The summed E-state index contributed by atoms with van der Waals surface area (Å²) in [6.45, 7) is 13.3. The summed E-state index contributed by atoms with van der Waals surface area (Å²) in [5.41, 5.74) is 0.875. The van der Waals surface area contributed by atoms with Gasteiger partial charge in [-0.05, 0) is 41.3 Å². The van der Waals surface area contributed by atoms with Crippen molar-refractivity contribution in [2.24, 2.45) is 10.9 Å². The van der Waals surface area contributed by atoms with E-state index in [4.69, 9.17) is 9.42 Å². The van der Waals surface area contributed by atoms with Crippen LogP contribution in [0.2, 0.25) is 18.1 Å². The first-order valence-electron chi connectivity index (χ1n) is 9.67. The van der Waals surface area contributed by atoms with Gasteiger partial charge in [-0.2, -0.15) is 0 Å². The van der Waals surface area contributed by atoms with Crippen molar-refractivity contribution in [3.8, 4) is 0 Å². The van der Waals surface area contributed by atoms with Crippen LogP contribution in [0.15, 0.2) is 44.3 Å². The highest BCUT2D eigenvalue weighted by atomic mass is 127. The van der Waals surface area contributed by atoms with Gasteiger partial charge in [0.25, 0.3) is 0 Å². The minimum atomic E-state index is -1.92. The predicted molar refractivity (Wildman–Crippen MR) is 130 cm³/mol. The average Bonchev–Trinajstić information content (AvgIpc) is 2.60. The van der Waals surface area contributed by atoms with Gasteiger partial charge in [-0.15, -0.1) is 0 Å². The largest absolute Gasteiger partial charge is 0.413 e. The van der Waals surface area contributed by atoms with Crippen LogP contribution in [-0.2, 0) is 9.22 Å². The molecule has 2 aliphatic rings. The zero-order valence-corrected chi connectivity index (χ0v) is 21.4. The molecule has 1 aromatic rings. The lowest BCUT2D eigenvalue weighted by Crippen LogP contribution is -2.68. The molecule has 2 heterocycles. The maximum atomic E-state index is 13.1. The summed E-state index contributed by atoms with van der Waals surface area (Å²) in [6.07, 6.45) is 0.800. The number of hydrogen-bond donors (Lipinski definition) is 0. The van der Waals surface area contributed by atoms with Crippen LogP contribution < -0.4 is 0 Å². The van der Waals surface area contributed by atoms with Crippen molar-refractivity contribution in [1.82, 2.24) is 4.90 Å². The molecule has 2 saturated heterocycles. The summed E-state index contributed by atoms with van der Waals surface area (Å²) in [5, 5.41) is 0.912. The fraction of sp³-hybridized carbons (Fsp3) is 0.524. The molecule has 0 spiro atoms. The number of fused-ring (bicyclic) bond motifs is 1. The molecule has 1 aromatic carbocycles. The fourth-order valence-electron chi connectivity index (χ4n) is 3.42. The SMILES string of the molecule is C[C@@H](O[Si](C)(C)C(C)(C)C)[C@H]1C(=O)N2C(=Nc3ccccc3)S/C(=C/I)C[C@H]12. The van der Waals surface area contributed by atoms with Gasteiger partial charge in [0.05, 0.1) is 23.8 Å². The van der Waals surface area contributed by atoms with Crippen LogP contribution in [-0.4, -0.2) is 36.4 Å². The van der Waals surface area contributed by atoms with Crippen molar-refractivity contribution in [2.75, 3.05) is 0 Å². The van der Waals surface area contributed by atoms with Crippen molar-refractivity contribution in [3.05, 3.63) is 39.3 Å². The average molecular weight is 529 g/mol. The molecule has 2 aliphatic heterocycles. The van der Waals surface area contributed by atoms with Crippen LogP contribution in [0.1, 0.15) is 34.1 Å². The second-order valence-electron chi connectivity index (χ2n) is 9.00. The maximum absolute atomic E-state index is 13.1. The normalized spacial score (nSPS) is 27.0. The van der Waals surface area contributed by atoms with E-state index in [1.54, 1.807) is 11.8 Å². The zero-order valence-electron chi connectivity index (χ0n) is 17.4. The summed E-state index contributed by atoms with van der Waals surface area (Å²) in [7, 11) is -1.92. The first-order valence-corrected chi connectivity index (χ1v) is 14.6. The third kappa shape index (κ3) is 4.27. The Hall–Kier alpha value is -0.643. The molecule has 0 aromatic heterocycles. The first-order chi connectivity index (χ1) is 13.0. The Balaban J connectivity index is 1.84. The zero-order chi connectivity index (χ0) is 20.7. The van der Waals surface area contributed by atoms with Crippen LogP contribution >= 0.6 is 34.4 Å². The molecule has 152 valence electrons. The Morgan fingerprint density at radius 3 is 2.54 bits per heavy atom. The monoisotopic (exact) mass is 528 g/mol. The molecule has 1 amide bonds. The lowest BCUT2D eigenvalue weighted by Gasteiger charge is -2.53. The molecule has 0 unspecified atom stereocenters. The highest BCUT2D eigenvalue weighted by Gasteiger charge is 2.56. The summed E-state index contributed by atoms with van der Waals surface area (Å²) in [5.74, 6) is 0.0493. The van der Waals surface area contributed by atoms with Gasteiger partial charge >= 0.3 is 0 Å². The Kier molecular flexibility index (Phi) is 6.49. The topological polar surface area (TPSA) is 41.9 Å². The van der Waals surface area contributed by atoms with Crippen LogP contribution in [0.25, 0.3) is 0 Å². The van der Waals surface area contributed by atoms with Crippen LogP contribution in [0.5, 0.6) is 0 Å². The van der Waals surface area contributed by atoms with Gasteiger partial charge in [-0.3, -0.25) is 9.69 Å². The third-order valence-corrected chi connectivity index (χ3v) is 12.8. The molecule has 28 heavy (non-hydrogen) atoms. The summed E-state index contributed by atoms with van der Waals surface area (Å²) in [6, 6.07) is 9.98. The van der Waals surface area contributed by atoms with Gasteiger partial charge in [0, 0.05) is 11.3 Å². The fourth-order valence-corrected chi connectivity index (χ4v) is 6.49. The summed E-state index contributed by atoms with van der Waals surface area (Å²) < 4.78 is 8.68. The lowest BCUT2D eigenvalue weighted by molar-refractivity contribution is -0.154. The van der Waals surface area contributed by atoms with Gasteiger partial charge in [-0.25, -0.2) is 4.99 Å². The highest BCUT2D eigenvalue weighted by Crippen LogP contribution is 2.47. The van der Waals surface area contributed by atoms with Crippen molar-refractivity contribution < 1.29 is 9.22 Å². The van der Waals surface area contributed by atoms with E-state index in [2.05, 4.69) is 67.5 Å². The Morgan fingerprint density at radius 2 is 1.96 bits per heavy atom. The quantitative estimate of drug-likeness (QED) is 0.261. The standard InChI is InChI=1S/C21H29IN2O2SSi/c1-14(26-28(5,6)21(2,3)4)18-17-12-16(13-22)27-20(24(17)19(18)25)23-15-10-8-7-9-11-15/h7-11,13-14,17-18H,12H2,1-6H3/b16-13+,23-20?/t14-,17-,18-/m1/s1. The van der Waals surface area contributed by atoms with Crippen molar-refractivity contribution >= 4 is 59.4 Å². The van der Waals surface area contributed by atoms with Gasteiger partial charge in [-0.1, -0.05) is 73.3 Å². The van der Waals surface area contributed by atoms with E-state index in [0.29, 0.717) is 0 Å². The number of nitrogens with zero attached hydrogens (tertiary/aromatic N) is 2. The summed E-state index contributed by atoms with van der Waals surface area (Å²) in [4.78, 5) is 21.0. The Bertz CT molecular complexity index is 804. The van der Waals surface area contributed by atoms with E-state index in [9.17, 15) is 4.79 Å². The maximum Gasteiger partial charge on any atom is 0.236 e. The molecule has 0 bridgehead atoms. The number of β-lactam (4-membered cyclic amide) rings is 1. The number of thioether (sulfide) groups is 1. The minimum Gasteiger partial charge on any atom is -0.413 e. The molecule has 0 saturated carbocycles. The molecule has 0 N–H and O–H groups in total. The van der Waals surface area contributed by atoms with Gasteiger partial charge < -0.3 is 4.43 Å². The van der Waals surface area contributed by atoms with Crippen LogP contribution in [0.4, 0.5) is 5.69 Å². The number of carbonyl (C=O) groups excluding carboxylic acids is 1. The van der Waals surface area contributed by atoms with Gasteiger partial charge in [0.15, 0.2) is 13.5 Å². The molecule has 7 heteroatoms. The molecule has 4 nitrogen and oxygen atoms in total. The Labute approximate surface area is 187 Å². The number of halogens is 1. The third-order valence-electron chi connectivity index (χ3n) is 6.00. The van der Waals surface area contributed by atoms with E-state index >= 15 is 0 Å². The number of benzene rings is 1. The molecule has 0 radical (unpaired) electrons. The van der Waals surface area contributed by atoms with Crippen molar-refractivity contribution in [3.63, 3.8) is 0 Å². The van der Waals surface area contributed by atoms with Gasteiger partial charge in [0.1, 0.15) is 0 Å². The van der Waals surface area contributed by atoms with E-state index in [0.717, 1.165) is 17.3 Å². The number of aliphatic imine (C=N–C) groups is 1. The van der Waals surface area contributed by atoms with Crippen molar-refractivity contribution in [2.45, 2.75) is 64.4 Å². The second-order valence-corrected chi connectivity index (χ2v) is 15.5. The minimum absolute atomic E-state index is 0.0776. The van der Waals surface area contributed by atoms with E-state index in [1.165, 1.54) is 4.91 Å². The van der Waals surface area contributed by atoms with Crippen LogP contribution in [0.3, 0.4) is 0 Å². The molecule has 3 atom stereocenters. The highest BCUT2D eigenvalue weighted by molar-refractivity contribution is 14.1.